The van der Waals surface area contributed by atoms with Crippen LogP contribution in [-0.2, 0) is 6.42 Å². The highest BCUT2D eigenvalue weighted by atomic mass is 32.1. The lowest BCUT2D eigenvalue weighted by Crippen LogP contribution is -2.25. The zero-order valence-corrected chi connectivity index (χ0v) is 13.0. The highest BCUT2D eigenvalue weighted by molar-refractivity contribution is 7.09. The van der Waals surface area contributed by atoms with Crippen LogP contribution in [0.2, 0.25) is 0 Å². The predicted molar refractivity (Wildman–Crippen MR) is 89.7 cm³/mol. The number of amides is 1. The molecule has 3 rings (SSSR count). The number of pyridine rings is 1. The number of nitrogens with one attached hydrogen (secondary N) is 2. The fourth-order valence-electron chi connectivity index (χ4n) is 2.38. The van der Waals surface area contributed by atoms with Crippen LogP contribution >= 0.6 is 11.3 Å². The zero-order valence-electron chi connectivity index (χ0n) is 12.2. The molecule has 2 heterocycles. The molecule has 5 heteroatoms. The van der Waals surface area contributed by atoms with Crippen molar-refractivity contribution in [1.29, 1.82) is 0 Å². The third-order valence-electron chi connectivity index (χ3n) is 3.46. The summed E-state index contributed by atoms with van der Waals surface area (Å²) in [7, 11) is 0. The van der Waals surface area contributed by atoms with Crippen molar-refractivity contribution in [1.82, 2.24) is 10.3 Å². The number of benzene rings is 1. The summed E-state index contributed by atoms with van der Waals surface area (Å²) in [5.74, 6) is -0.154. The first-order valence-corrected chi connectivity index (χ1v) is 7.96. The second-order valence-corrected chi connectivity index (χ2v) is 6.19. The van der Waals surface area contributed by atoms with E-state index in [2.05, 4.69) is 16.4 Å². The molecule has 2 N–H and O–H groups in total. The molecule has 1 aromatic carbocycles. The molecule has 0 aliphatic heterocycles. The highest BCUT2D eigenvalue weighted by Crippen LogP contribution is 2.12. The Kier molecular flexibility index (Phi) is 4.06. The van der Waals surface area contributed by atoms with Gasteiger partial charge < -0.3 is 10.3 Å². The molecule has 0 bridgehead atoms. The van der Waals surface area contributed by atoms with E-state index in [0.29, 0.717) is 17.5 Å². The number of aromatic amines is 1. The second kappa shape index (κ2) is 6.15. The molecule has 1 amide bonds. The summed E-state index contributed by atoms with van der Waals surface area (Å²) in [6.07, 6.45) is 0.816. The molecule has 0 aliphatic rings. The normalized spacial score (nSPS) is 10.8. The quantitative estimate of drug-likeness (QED) is 0.778. The van der Waals surface area contributed by atoms with E-state index in [1.165, 1.54) is 4.88 Å². The van der Waals surface area contributed by atoms with Gasteiger partial charge in [0.05, 0.1) is 0 Å². The molecule has 0 saturated heterocycles. The standard InChI is InChI=1S/C17H16N2O2S/c1-11-9-16(20)14-10-12(4-5-15(14)19-11)17(21)18-7-6-13-3-2-8-22-13/h2-5,8-10H,6-7H2,1H3,(H,18,21)(H,19,20). The van der Waals surface area contributed by atoms with Crippen LogP contribution in [0.4, 0.5) is 0 Å². The van der Waals surface area contributed by atoms with Crippen molar-refractivity contribution < 1.29 is 4.79 Å². The summed E-state index contributed by atoms with van der Waals surface area (Å²) in [6, 6.07) is 10.7. The third kappa shape index (κ3) is 3.09. The molecule has 22 heavy (non-hydrogen) atoms. The number of carbonyl (C=O) groups is 1. The van der Waals surface area contributed by atoms with Gasteiger partial charge in [0.2, 0.25) is 0 Å². The molecule has 0 spiro atoms. The Morgan fingerprint density at radius 2 is 2.14 bits per heavy atom. The monoisotopic (exact) mass is 312 g/mol. The zero-order chi connectivity index (χ0) is 15.5. The van der Waals surface area contributed by atoms with E-state index in [9.17, 15) is 9.59 Å². The molecule has 4 nitrogen and oxygen atoms in total. The van der Waals surface area contributed by atoms with E-state index in [1.54, 1.807) is 35.6 Å². The van der Waals surface area contributed by atoms with Crippen molar-refractivity contribution in [2.24, 2.45) is 0 Å². The Hall–Kier alpha value is -2.40. The molecule has 0 radical (unpaired) electrons. The maximum absolute atomic E-state index is 12.2. The van der Waals surface area contributed by atoms with Crippen molar-refractivity contribution in [2.75, 3.05) is 6.54 Å². The van der Waals surface area contributed by atoms with Crippen LogP contribution < -0.4 is 10.7 Å². The Morgan fingerprint density at radius 1 is 1.27 bits per heavy atom. The van der Waals surface area contributed by atoms with E-state index in [4.69, 9.17) is 0 Å². The van der Waals surface area contributed by atoms with Crippen LogP contribution in [0.3, 0.4) is 0 Å². The Balaban J connectivity index is 1.75. The number of rotatable bonds is 4. The van der Waals surface area contributed by atoms with E-state index in [1.807, 2.05) is 18.4 Å². The first kappa shape index (κ1) is 14.5. The first-order chi connectivity index (χ1) is 10.6. The smallest absolute Gasteiger partial charge is 0.251 e. The summed E-state index contributed by atoms with van der Waals surface area (Å²) in [5.41, 5.74) is 2.00. The molecule has 0 aliphatic carbocycles. The molecule has 0 saturated carbocycles. The van der Waals surface area contributed by atoms with Gasteiger partial charge in [-0.3, -0.25) is 9.59 Å². The fraction of sp³-hybridized carbons (Fsp3) is 0.176. The summed E-state index contributed by atoms with van der Waals surface area (Å²) in [5, 5.41) is 5.45. The van der Waals surface area contributed by atoms with E-state index in [0.717, 1.165) is 17.6 Å². The minimum absolute atomic E-state index is 0.0699. The van der Waals surface area contributed by atoms with Crippen molar-refractivity contribution in [2.45, 2.75) is 13.3 Å². The van der Waals surface area contributed by atoms with Gasteiger partial charge in [-0.25, -0.2) is 0 Å². The number of aromatic nitrogens is 1. The van der Waals surface area contributed by atoms with Crippen LogP contribution in [0.1, 0.15) is 20.9 Å². The topological polar surface area (TPSA) is 62.0 Å². The first-order valence-electron chi connectivity index (χ1n) is 7.08. The van der Waals surface area contributed by atoms with Crippen LogP contribution in [0.25, 0.3) is 10.9 Å². The Bertz CT molecular complexity index is 866. The molecule has 0 fully saturated rings. The number of thiophene rings is 1. The van der Waals surface area contributed by atoms with Gasteiger partial charge in [0, 0.05) is 39.6 Å². The molecule has 3 aromatic rings. The Morgan fingerprint density at radius 3 is 2.91 bits per heavy atom. The molecule has 112 valence electrons. The maximum Gasteiger partial charge on any atom is 0.251 e. The lowest BCUT2D eigenvalue weighted by Gasteiger charge is -2.06. The van der Waals surface area contributed by atoms with Gasteiger partial charge in [0.15, 0.2) is 5.43 Å². The second-order valence-electron chi connectivity index (χ2n) is 5.16. The highest BCUT2D eigenvalue weighted by Gasteiger charge is 2.08. The molecule has 0 unspecified atom stereocenters. The van der Waals surface area contributed by atoms with Crippen molar-refractivity contribution in [3.8, 4) is 0 Å². The lowest BCUT2D eigenvalue weighted by molar-refractivity contribution is 0.0954. The van der Waals surface area contributed by atoms with Crippen LogP contribution in [0.5, 0.6) is 0 Å². The molecule has 0 atom stereocenters. The Labute approximate surface area is 131 Å². The number of carbonyl (C=O) groups excluding carboxylic acids is 1. The SMILES string of the molecule is Cc1cc(=O)c2cc(C(=O)NCCc3cccs3)ccc2[nH]1. The maximum atomic E-state index is 12.2. The minimum Gasteiger partial charge on any atom is -0.358 e. The van der Waals surface area contributed by atoms with Gasteiger partial charge in [-0.2, -0.15) is 0 Å². The molecular formula is C17H16N2O2S. The van der Waals surface area contributed by atoms with Gasteiger partial charge in [-0.05, 0) is 43.0 Å². The van der Waals surface area contributed by atoms with Gasteiger partial charge in [0.1, 0.15) is 0 Å². The number of H-pyrrole nitrogens is 1. The largest absolute Gasteiger partial charge is 0.358 e. The van der Waals surface area contributed by atoms with Crippen LogP contribution in [0, 0.1) is 6.92 Å². The van der Waals surface area contributed by atoms with E-state index in [-0.39, 0.29) is 11.3 Å². The molecular weight excluding hydrogens is 296 g/mol. The average Bonchev–Trinajstić information content (AvgIpc) is 3.00. The van der Waals surface area contributed by atoms with Crippen molar-refractivity contribution in [3.05, 3.63) is 68.1 Å². The van der Waals surface area contributed by atoms with Gasteiger partial charge in [-0.1, -0.05) is 6.07 Å². The number of aryl methyl sites for hydroxylation is 1. The minimum atomic E-state index is -0.154. The van der Waals surface area contributed by atoms with E-state index >= 15 is 0 Å². The van der Waals surface area contributed by atoms with E-state index < -0.39 is 0 Å². The van der Waals surface area contributed by atoms with Gasteiger partial charge >= 0.3 is 0 Å². The number of hydrogen-bond acceptors (Lipinski definition) is 3. The van der Waals surface area contributed by atoms with Crippen LogP contribution in [0.15, 0.2) is 46.6 Å². The van der Waals surface area contributed by atoms with Crippen molar-refractivity contribution in [3.63, 3.8) is 0 Å². The summed E-state index contributed by atoms with van der Waals surface area (Å²) >= 11 is 1.68. The summed E-state index contributed by atoms with van der Waals surface area (Å²) in [4.78, 5) is 28.5. The fourth-order valence-corrected chi connectivity index (χ4v) is 3.09. The molecule has 2 aromatic heterocycles. The number of hydrogen-bond donors (Lipinski definition) is 2. The summed E-state index contributed by atoms with van der Waals surface area (Å²) in [6.45, 7) is 2.42. The number of fused-ring (bicyclic) bond motifs is 1. The van der Waals surface area contributed by atoms with Crippen molar-refractivity contribution >= 4 is 28.1 Å². The predicted octanol–water partition coefficient (Wildman–Crippen LogP) is 2.87. The third-order valence-corrected chi connectivity index (χ3v) is 4.40. The van der Waals surface area contributed by atoms with Crippen LogP contribution in [-0.4, -0.2) is 17.4 Å². The average molecular weight is 312 g/mol. The summed E-state index contributed by atoms with van der Waals surface area (Å²) < 4.78 is 0. The lowest BCUT2D eigenvalue weighted by atomic mass is 10.1. The van der Waals surface area contributed by atoms with Gasteiger partial charge in [-0.15, -0.1) is 11.3 Å². The van der Waals surface area contributed by atoms with Gasteiger partial charge in [0.25, 0.3) is 5.91 Å².